The van der Waals surface area contributed by atoms with Crippen molar-refractivity contribution < 1.29 is 17.6 Å². The molecule has 2 N–H and O–H groups in total. The normalized spacial score (nSPS) is 20.6. The van der Waals surface area contributed by atoms with E-state index < -0.39 is 10.0 Å². The van der Waals surface area contributed by atoms with E-state index in [0.717, 1.165) is 16.7 Å². The molecule has 0 amide bonds. The molecular formula is C20H23FN2O3S. The van der Waals surface area contributed by atoms with E-state index in [4.69, 9.17) is 0 Å². The van der Waals surface area contributed by atoms with E-state index in [1.54, 1.807) is 18.2 Å². The van der Waals surface area contributed by atoms with Gasteiger partial charge in [-0.1, -0.05) is 23.8 Å². The number of carbonyl (C=O) groups excluding carboxylic acids is 1. The number of carbonyl (C=O) groups is 1. The van der Waals surface area contributed by atoms with E-state index in [0.29, 0.717) is 12.8 Å². The lowest BCUT2D eigenvalue weighted by molar-refractivity contribution is -0.121. The van der Waals surface area contributed by atoms with Gasteiger partial charge < -0.3 is 0 Å². The summed E-state index contributed by atoms with van der Waals surface area (Å²) in [6.07, 6.45) is 1.13. The summed E-state index contributed by atoms with van der Waals surface area (Å²) in [5.74, 6) is -0.441. The van der Waals surface area contributed by atoms with Crippen LogP contribution in [0.5, 0.6) is 0 Å². The first-order valence-corrected chi connectivity index (χ1v) is 10.3. The first kappa shape index (κ1) is 19.7. The lowest BCUT2D eigenvalue weighted by atomic mass is 9.79. The maximum absolute atomic E-state index is 13.6. The van der Waals surface area contributed by atoms with Crippen LogP contribution in [0, 0.1) is 19.7 Å². The number of hydrazine groups is 1. The Kier molecular flexibility index (Phi) is 5.74. The Bertz CT molecular complexity index is 942. The Morgan fingerprint density at radius 3 is 2.44 bits per heavy atom. The minimum Gasteiger partial charge on any atom is -0.300 e. The molecule has 0 radical (unpaired) electrons. The highest BCUT2D eigenvalue weighted by Crippen LogP contribution is 2.33. The average molecular weight is 390 g/mol. The summed E-state index contributed by atoms with van der Waals surface area (Å²) < 4.78 is 38.4. The zero-order chi connectivity index (χ0) is 19.6. The van der Waals surface area contributed by atoms with Crippen molar-refractivity contribution in [3.05, 3.63) is 65.0 Å². The van der Waals surface area contributed by atoms with Crippen LogP contribution in [0.25, 0.3) is 0 Å². The van der Waals surface area contributed by atoms with Gasteiger partial charge in [-0.15, -0.1) is 4.83 Å². The van der Waals surface area contributed by atoms with E-state index >= 15 is 0 Å². The van der Waals surface area contributed by atoms with Crippen LogP contribution in [0.2, 0.25) is 0 Å². The molecular weight excluding hydrogens is 367 g/mol. The van der Waals surface area contributed by atoms with Gasteiger partial charge in [-0.3, -0.25) is 4.79 Å². The maximum Gasteiger partial charge on any atom is 0.253 e. The molecule has 0 saturated heterocycles. The minimum atomic E-state index is -3.72. The van der Waals surface area contributed by atoms with Gasteiger partial charge in [0, 0.05) is 18.9 Å². The number of benzene rings is 2. The summed E-state index contributed by atoms with van der Waals surface area (Å²) in [6.45, 7) is 3.76. The molecule has 0 aliphatic heterocycles. The number of Topliss-reactive ketones (excluding diaryl/α,β-unsaturated/α-hetero) is 1. The molecule has 0 spiro atoms. The molecule has 0 heterocycles. The Hall–Kier alpha value is -2.09. The predicted octanol–water partition coefficient (Wildman–Crippen LogP) is 3.13. The second-order valence-electron chi connectivity index (χ2n) is 7.14. The standard InChI is InChI=1S/C20H23FN2O3S/c1-13-3-7-19(8-4-13)27(25,26)23-22-17-9-15(10-18(24)12-17)20-11-16(21)6-5-14(20)2/h3-8,11,15,17,22-23H,9-10,12H2,1-2H3. The van der Waals surface area contributed by atoms with E-state index in [1.165, 1.54) is 24.3 Å². The van der Waals surface area contributed by atoms with Crippen molar-refractivity contribution in [2.75, 3.05) is 0 Å². The van der Waals surface area contributed by atoms with Crippen LogP contribution in [0.15, 0.2) is 47.4 Å². The van der Waals surface area contributed by atoms with Crippen molar-refractivity contribution in [3.63, 3.8) is 0 Å². The van der Waals surface area contributed by atoms with Gasteiger partial charge in [-0.25, -0.2) is 18.2 Å². The van der Waals surface area contributed by atoms with Gasteiger partial charge in [0.2, 0.25) is 0 Å². The van der Waals surface area contributed by atoms with Gasteiger partial charge in [-0.05, 0) is 61.6 Å². The molecule has 144 valence electrons. The smallest absolute Gasteiger partial charge is 0.253 e. The highest BCUT2D eigenvalue weighted by Gasteiger charge is 2.30. The fourth-order valence-corrected chi connectivity index (χ4v) is 4.41. The second kappa shape index (κ2) is 7.88. The third-order valence-corrected chi connectivity index (χ3v) is 6.21. The Balaban J connectivity index is 1.70. The highest BCUT2D eigenvalue weighted by molar-refractivity contribution is 7.89. The second-order valence-corrected chi connectivity index (χ2v) is 8.82. The molecule has 1 fully saturated rings. The Morgan fingerprint density at radius 2 is 1.74 bits per heavy atom. The number of aryl methyl sites for hydroxylation is 2. The van der Waals surface area contributed by atoms with Crippen molar-refractivity contribution in [3.8, 4) is 0 Å². The summed E-state index contributed by atoms with van der Waals surface area (Å²) in [7, 11) is -3.72. The van der Waals surface area contributed by atoms with Crippen molar-refractivity contribution in [2.24, 2.45) is 0 Å². The number of ketones is 1. The fraction of sp³-hybridized carbons (Fsp3) is 0.350. The molecule has 7 heteroatoms. The largest absolute Gasteiger partial charge is 0.300 e. The first-order chi connectivity index (χ1) is 12.7. The molecule has 1 saturated carbocycles. The van der Waals surface area contributed by atoms with Crippen LogP contribution in [0.4, 0.5) is 4.39 Å². The van der Waals surface area contributed by atoms with Crippen LogP contribution >= 0.6 is 0 Å². The molecule has 0 aromatic heterocycles. The van der Waals surface area contributed by atoms with Crippen LogP contribution in [-0.2, 0) is 14.8 Å². The summed E-state index contributed by atoms with van der Waals surface area (Å²) in [5, 5.41) is 0. The molecule has 1 aliphatic carbocycles. The number of hydrogen-bond donors (Lipinski definition) is 2. The Morgan fingerprint density at radius 1 is 1.04 bits per heavy atom. The number of nitrogens with one attached hydrogen (secondary N) is 2. The number of rotatable bonds is 5. The van der Waals surface area contributed by atoms with Gasteiger partial charge in [-0.2, -0.15) is 0 Å². The fourth-order valence-electron chi connectivity index (χ4n) is 3.48. The topological polar surface area (TPSA) is 75.3 Å². The summed E-state index contributed by atoms with van der Waals surface area (Å²) in [4.78, 5) is 14.7. The molecule has 5 nitrogen and oxygen atoms in total. The monoisotopic (exact) mass is 390 g/mol. The average Bonchev–Trinajstić information content (AvgIpc) is 2.62. The van der Waals surface area contributed by atoms with E-state index in [1.807, 2.05) is 13.8 Å². The number of hydrogen-bond acceptors (Lipinski definition) is 4. The van der Waals surface area contributed by atoms with Gasteiger partial charge in [0.15, 0.2) is 0 Å². The SMILES string of the molecule is Cc1ccc(S(=O)(=O)NNC2CC(=O)CC(c3cc(F)ccc3C)C2)cc1. The molecule has 2 aromatic carbocycles. The number of halogens is 1. The van der Waals surface area contributed by atoms with E-state index in [9.17, 15) is 17.6 Å². The molecule has 1 aliphatic rings. The Labute approximate surface area is 159 Å². The summed E-state index contributed by atoms with van der Waals surface area (Å²) >= 11 is 0. The van der Waals surface area contributed by atoms with Gasteiger partial charge >= 0.3 is 0 Å². The first-order valence-electron chi connectivity index (χ1n) is 8.86. The molecule has 27 heavy (non-hydrogen) atoms. The third-order valence-electron chi connectivity index (χ3n) is 4.93. The van der Waals surface area contributed by atoms with Gasteiger partial charge in [0.1, 0.15) is 11.6 Å². The van der Waals surface area contributed by atoms with Crippen molar-refractivity contribution in [2.45, 2.75) is 50.0 Å². The lowest BCUT2D eigenvalue weighted by Gasteiger charge is -2.30. The van der Waals surface area contributed by atoms with Crippen LogP contribution in [-0.4, -0.2) is 20.2 Å². The zero-order valence-electron chi connectivity index (χ0n) is 15.3. The van der Waals surface area contributed by atoms with Crippen LogP contribution in [0.3, 0.4) is 0 Å². The quantitative estimate of drug-likeness (QED) is 0.769. The van der Waals surface area contributed by atoms with Crippen LogP contribution < -0.4 is 10.3 Å². The van der Waals surface area contributed by atoms with E-state index in [-0.39, 0.29) is 34.9 Å². The molecule has 3 rings (SSSR count). The zero-order valence-corrected chi connectivity index (χ0v) is 16.1. The summed E-state index contributed by atoms with van der Waals surface area (Å²) in [5.41, 5.74) is 5.48. The maximum atomic E-state index is 13.6. The van der Waals surface area contributed by atoms with Gasteiger partial charge in [0.25, 0.3) is 10.0 Å². The lowest BCUT2D eigenvalue weighted by Crippen LogP contribution is -2.47. The van der Waals surface area contributed by atoms with Crippen LogP contribution in [0.1, 0.15) is 41.9 Å². The highest BCUT2D eigenvalue weighted by atomic mass is 32.2. The summed E-state index contributed by atoms with van der Waals surface area (Å²) in [6, 6.07) is 10.7. The minimum absolute atomic E-state index is 0.0296. The molecule has 0 bridgehead atoms. The molecule has 2 unspecified atom stereocenters. The van der Waals surface area contributed by atoms with Gasteiger partial charge in [0.05, 0.1) is 4.90 Å². The third kappa shape index (κ3) is 4.80. The number of sulfonamides is 1. The van der Waals surface area contributed by atoms with Crippen molar-refractivity contribution >= 4 is 15.8 Å². The van der Waals surface area contributed by atoms with E-state index in [2.05, 4.69) is 10.3 Å². The van der Waals surface area contributed by atoms with Crippen molar-refractivity contribution in [1.82, 2.24) is 10.3 Å². The molecule has 2 aromatic rings. The molecule has 2 atom stereocenters. The van der Waals surface area contributed by atoms with Crippen molar-refractivity contribution in [1.29, 1.82) is 0 Å². The predicted molar refractivity (Wildman–Crippen MR) is 101 cm³/mol.